The summed E-state index contributed by atoms with van der Waals surface area (Å²) in [6, 6.07) is 0.798. The standard InChI is InChI=1S/C20H43N.C18H36O2/c1-5-7-8-9-10-11-12-13-14-15-16-17-18-19-21(6-2)20(3)4;1-2-3-4-5-6-7-8-9-10-11-12-13-14-15-16-17-18(19)20/h20H,5-19H2,1-4H3;2-17H2,1H3,(H,19,20). The van der Waals surface area contributed by atoms with Crippen LogP contribution >= 0.6 is 0 Å². The molecule has 1 atom stereocenters. The van der Waals surface area contributed by atoms with Gasteiger partial charge in [0, 0.05) is 5.97 Å². The van der Waals surface area contributed by atoms with Gasteiger partial charge < -0.3 is 14.8 Å². The van der Waals surface area contributed by atoms with Crippen molar-refractivity contribution in [3.63, 3.8) is 0 Å². The SMILES string of the molecule is CCCCCCCCCCCCCCCCCC(=O)[O-].CCCCCCCCCCCCCCC[NH+](CC)C(C)C. The molecule has 3 heteroatoms. The normalized spacial score (nSPS) is 12.0. The molecule has 0 aromatic carbocycles. The van der Waals surface area contributed by atoms with E-state index in [4.69, 9.17) is 0 Å². The number of unbranched alkanes of at least 4 members (excludes halogenated alkanes) is 26. The Kier molecular flexibility index (Phi) is 38.9. The highest BCUT2D eigenvalue weighted by molar-refractivity contribution is 5.64. The van der Waals surface area contributed by atoms with E-state index in [-0.39, 0.29) is 6.42 Å². The van der Waals surface area contributed by atoms with Gasteiger partial charge in [-0.15, -0.1) is 0 Å². The predicted molar refractivity (Wildman–Crippen MR) is 182 cm³/mol. The molecule has 0 saturated carbocycles. The second-order valence-electron chi connectivity index (χ2n) is 13.2. The molecule has 248 valence electrons. The van der Waals surface area contributed by atoms with Gasteiger partial charge in [0.15, 0.2) is 0 Å². The Morgan fingerprint density at radius 1 is 0.463 bits per heavy atom. The number of nitrogens with one attached hydrogen (secondary N) is 1. The van der Waals surface area contributed by atoms with Crippen LogP contribution < -0.4 is 10.0 Å². The molecule has 0 amide bonds. The van der Waals surface area contributed by atoms with E-state index in [1.165, 1.54) is 180 Å². The Bertz CT molecular complexity index is 479. The summed E-state index contributed by atoms with van der Waals surface area (Å²) in [5.41, 5.74) is 0. The fraction of sp³-hybridized carbons (Fsp3) is 0.974. The lowest BCUT2D eigenvalue weighted by Crippen LogP contribution is -3.14. The first-order chi connectivity index (χ1) is 20.0. The highest BCUT2D eigenvalue weighted by atomic mass is 16.4. The monoisotopic (exact) mass is 582 g/mol. The van der Waals surface area contributed by atoms with Crippen LogP contribution in [0, 0.1) is 0 Å². The maximum Gasteiger partial charge on any atom is 0.0817 e. The Hall–Kier alpha value is -0.570. The summed E-state index contributed by atoms with van der Waals surface area (Å²) in [7, 11) is 0. The van der Waals surface area contributed by atoms with Gasteiger partial charge in [-0.2, -0.15) is 0 Å². The minimum absolute atomic E-state index is 0.234. The first kappa shape index (κ1) is 42.6. The summed E-state index contributed by atoms with van der Waals surface area (Å²) in [6.07, 6.45) is 38.8. The minimum atomic E-state index is -0.903. The van der Waals surface area contributed by atoms with Crippen molar-refractivity contribution >= 4 is 5.97 Å². The molecule has 0 radical (unpaired) electrons. The van der Waals surface area contributed by atoms with Crippen LogP contribution in [0.2, 0.25) is 0 Å². The summed E-state index contributed by atoms with van der Waals surface area (Å²) in [6.45, 7) is 14.2. The van der Waals surface area contributed by atoms with E-state index in [0.29, 0.717) is 0 Å². The van der Waals surface area contributed by atoms with E-state index < -0.39 is 5.97 Å². The zero-order valence-electron chi connectivity index (χ0n) is 29.3. The number of carbonyl (C=O) groups is 1. The van der Waals surface area contributed by atoms with E-state index >= 15 is 0 Å². The maximum atomic E-state index is 10.2. The highest BCUT2D eigenvalue weighted by Gasteiger charge is 2.08. The third-order valence-corrected chi connectivity index (χ3v) is 8.86. The number of carboxylic acid groups (broad SMARTS) is 1. The predicted octanol–water partition coefficient (Wildman–Crippen LogP) is 10.4. The molecule has 0 heterocycles. The number of aliphatic carboxylic acids is 1. The van der Waals surface area contributed by atoms with Gasteiger partial charge in [-0.25, -0.2) is 0 Å². The van der Waals surface area contributed by atoms with Crippen LogP contribution in [0.1, 0.15) is 221 Å². The zero-order valence-corrected chi connectivity index (χ0v) is 29.3. The number of carboxylic acids is 1. The zero-order chi connectivity index (χ0) is 30.7. The van der Waals surface area contributed by atoms with Crippen LogP contribution in [0.15, 0.2) is 0 Å². The van der Waals surface area contributed by atoms with E-state index in [2.05, 4.69) is 34.6 Å². The molecule has 0 bridgehead atoms. The Labute approximate surface area is 260 Å². The number of hydrogen-bond donors (Lipinski definition) is 1. The van der Waals surface area contributed by atoms with E-state index in [0.717, 1.165) is 18.9 Å². The van der Waals surface area contributed by atoms with Crippen molar-refractivity contribution in [3.05, 3.63) is 0 Å². The fourth-order valence-corrected chi connectivity index (χ4v) is 5.88. The Balaban J connectivity index is 0. The van der Waals surface area contributed by atoms with Crippen LogP contribution in [-0.4, -0.2) is 25.1 Å². The molecule has 0 spiro atoms. The molecule has 0 saturated heterocycles. The number of hydrogen-bond acceptors (Lipinski definition) is 2. The van der Waals surface area contributed by atoms with Gasteiger partial charge in [0.25, 0.3) is 0 Å². The lowest BCUT2D eigenvalue weighted by molar-refractivity contribution is -0.920. The molecule has 0 aromatic rings. The Morgan fingerprint density at radius 3 is 0.976 bits per heavy atom. The van der Waals surface area contributed by atoms with Crippen LogP contribution in [0.25, 0.3) is 0 Å². The molecule has 3 nitrogen and oxygen atoms in total. The van der Waals surface area contributed by atoms with Crippen molar-refractivity contribution in [2.75, 3.05) is 13.1 Å². The smallest absolute Gasteiger partial charge is 0.0817 e. The molecule has 0 aliphatic heterocycles. The second kappa shape index (κ2) is 37.5. The molecule has 1 N–H and O–H groups in total. The summed E-state index contributed by atoms with van der Waals surface area (Å²) < 4.78 is 0. The number of rotatable bonds is 32. The topological polar surface area (TPSA) is 44.6 Å². The minimum Gasteiger partial charge on any atom is -0.550 e. The largest absolute Gasteiger partial charge is 0.550 e. The molecule has 0 aromatic heterocycles. The van der Waals surface area contributed by atoms with Gasteiger partial charge in [0.2, 0.25) is 0 Å². The van der Waals surface area contributed by atoms with Crippen LogP contribution in [0.4, 0.5) is 0 Å². The van der Waals surface area contributed by atoms with Crippen LogP contribution in [0.5, 0.6) is 0 Å². The summed E-state index contributed by atoms with van der Waals surface area (Å²) in [5, 5.41) is 10.2. The first-order valence-corrected chi connectivity index (χ1v) is 19.0. The van der Waals surface area contributed by atoms with E-state index in [1.807, 2.05) is 0 Å². The van der Waals surface area contributed by atoms with Crippen molar-refractivity contribution in [1.82, 2.24) is 0 Å². The quantitative estimate of drug-likeness (QED) is 0.0803. The van der Waals surface area contributed by atoms with Gasteiger partial charge in [0.1, 0.15) is 0 Å². The van der Waals surface area contributed by atoms with Gasteiger partial charge in [0.05, 0.1) is 19.1 Å². The average Bonchev–Trinajstić information content (AvgIpc) is 2.95. The van der Waals surface area contributed by atoms with Crippen molar-refractivity contribution in [3.8, 4) is 0 Å². The summed E-state index contributed by atoms with van der Waals surface area (Å²) in [5.74, 6) is -0.903. The molecule has 0 rings (SSSR count). The van der Waals surface area contributed by atoms with E-state index in [9.17, 15) is 9.90 Å². The fourth-order valence-electron chi connectivity index (χ4n) is 5.88. The van der Waals surface area contributed by atoms with Crippen molar-refractivity contribution in [1.29, 1.82) is 0 Å². The molecular formula is C38H79NO2. The van der Waals surface area contributed by atoms with Gasteiger partial charge >= 0.3 is 0 Å². The van der Waals surface area contributed by atoms with Crippen molar-refractivity contribution < 1.29 is 14.8 Å². The molecule has 0 fully saturated rings. The first-order valence-electron chi connectivity index (χ1n) is 19.0. The lowest BCUT2D eigenvalue weighted by Gasteiger charge is -2.21. The molecular weight excluding hydrogens is 502 g/mol. The summed E-state index contributed by atoms with van der Waals surface area (Å²) in [4.78, 5) is 12.0. The van der Waals surface area contributed by atoms with Gasteiger partial charge in [-0.1, -0.05) is 174 Å². The maximum absolute atomic E-state index is 10.2. The van der Waals surface area contributed by atoms with Crippen molar-refractivity contribution in [2.24, 2.45) is 0 Å². The molecule has 1 unspecified atom stereocenters. The number of carbonyl (C=O) groups excluding carboxylic acids is 1. The summed E-state index contributed by atoms with van der Waals surface area (Å²) >= 11 is 0. The average molecular weight is 582 g/mol. The van der Waals surface area contributed by atoms with Crippen LogP contribution in [0.3, 0.4) is 0 Å². The molecule has 0 aliphatic rings. The van der Waals surface area contributed by atoms with Gasteiger partial charge in [-0.05, 0) is 46.5 Å². The third kappa shape index (κ3) is 39.4. The number of quaternary nitrogens is 1. The Morgan fingerprint density at radius 2 is 0.732 bits per heavy atom. The van der Waals surface area contributed by atoms with Crippen molar-refractivity contribution in [2.45, 2.75) is 227 Å². The highest BCUT2D eigenvalue weighted by Crippen LogP contribution is 2.14. The van der Waals surface area contributed by atoms with Gasteiger partial charge in [-0.3, -0.25) is 0 Å². The lowest BCUT2D eigenvalue weighted by atomic mass is 10.0. The van der Waals surface area contributed by atoms with E-state index in [1.54, 1.807) is 4.90 Å². The molecule has 41 heavy (non-hydrogen) atoms. The van der Waals surface area contributed by atoms with Crippen LogP contribution in [-0.2, 0) is 4.79 Å². The third-order valence-electron chi connectivity index (χ3n) is 8.86. The molecule has 0 aliphatic carbocycles. The second-order valence-corrected chi connectivity index (χ2v) is 13.2.